The molecule has 1 aliphatic rings. The number of carbonyl (C=O) groups is 1. The van der Waals surface area contributed by atoms with Gasteiger partial charge in [0.25, 0.3) is 0 Å². The first-order chi connectivity index (χ1) is 14.0. The summed E-state index contributed by atoms with van der Waals surface area (Å²) in [6.45, 7) is 6.46. The van der Waals surface area contributed by atoms with Crippen LogP contribution in [0.3, 0.4) is 0 Å². The zero-order valence-electron chi connectivity index (χ0n) is 16.5. The zero-order chi connectivity index (χ0) is 20.8. The molecule has 0 spiro atoms. The van der Waals surface area contributed by atoms with E-state index in [1.165, 1.54) is 24.8 Å². The van der Waals surface area contributed by atoms with Crippen molar-refractivity contribution in [3.8, 4) is 23.3 Å². The van der Waals surface area contributed by atoms with E-state index in [4.69, 9.17) is 14.2 Å². The van der Waals surface area contributed by atoms with Crippen LogP contribution in [-0.4, -0.2) is 51.2 Å². The maximum atomic E-state index is 12.6. The van der Waals surface area contributed by atoms with E-state index in [1.807, 2.05) is 13.8 Å². The van der Waals surface area contributed by atoms with Gasteiger partial charge >= 0.3 is 6.09 Å². The van der Waals surface area contributed by atoms with E-state index >= 15 is 0 Å². The largest absolute Gasteiger partial charge is 0.474 e. The summed E-state index contributed by atoms with van der Waals surface area (Å²) in [5.74, 6) is 0.563. The van der Waals surface area contributed by atoms with Crippen LogP contribution < -0.4 is 14.4 Å². The highest BCUT2D eigenvalue weighted by Gasteiger charge is 2.26. The van der Waals surface area contributed by atoms with E-state index in [1.54, 1.807) is 11.8 Å². The molecule has 1 aliphatic heterocycles. The SMILES string of the molecule is Cc1c(Oc2ccncc2OF)ncnc1OC1CCN(C(=O)OC(C)C)CC1. The Bertz CT molecular complexity index is 843. The van der Waals surface area contributed by atoms with Crippen molar-refractivity contribution in [2.24, 2.45) is 0 Å². The minimum absolute atomic E-state index is 0.106. The first kappa shape index (κ1) is 20.6. The Morgan fingerprint density at radius 3 is 2.62 bits per heavy atom. The van der Waals surface area contributed by atoms with E-state index in [0.717, 1.165) is 0 Å². The van der Waals surface area contributed by atoms with Crippen LogP contribution in [-0.2, 0) is 4.74 Å². The number of amides is 1. The Balaban J connectivity index is 1.63. The van der Waals surface area contributed by atoms with E-state index < -0.39 is 0 Å². The normalized spacial score (nSPS) is 14.6. The minimum atomic E-state index is -0.310. The molecule has 156 valence electrons. The average Bonchev–Trinajstić information content (AvgIpc) is 2.71. The Morgan fingerprint density at radius 1 is 1.21 bits per heavy atom. The van der Waals surface area contributed by atoms with Crippen LogP contribution in [0.4, 0.5) is 9.32 Å². The van der Waals surface area contributed by atoms with Gasteiger partial charge in [-0.25, -0.2) is 14.8 Å². The molecule has 1 fully saturated rings. The lowest BCUT2D eigenvalue weighted by atomic mass is 10.1. The molecule has 2 aromatic rings. The van der Waals surface area contributed by atoms with Gasteiger partial charge in [-0.15, -0.1) is 0 Å². The van der Waals surface area contributed by atoms with E-state index in [0.29, 0.717) is 37.4 Å². The molecule has 2 aromatic heterocycles. The fraction of sp³-hybridized carbons (Fsp3) is 0.474. The van der Waals surface area contributed by atoms with Crippen LogP contribution in [0.5, 0.6) is 23.3 Å². The van der Waals surface area contributed by atoms with Crippen molar-refractivity contribution in [2.75, 3.05) is 13.1 Å². The Labute approximate surface area is 167 Å². The molecule has 3 rings (SSSR count). The molecule has 0 unspecified atom stereocenters. The lowest BCUT2D eigenvalue weighted by molar-refractivity contribution is -0.00903. The maximum Gasteiger partial charge on any atom is 0.410 e. The smallest absolute Gasteiger partial charge is 0.410 e. The van der Waals surface area contributed by atoms with Gasteiger partial charge in [0.2, 0.25) is 17.5 Å². The zero-order valence-corrected chi connectivity index (χ0v) is 16.5. The number of piperidine rings is 1. The van der Waals surface area contributed by atoms with Crippen LogP contribution in [0.15, 0.2) is 24.8 Å². The molecule has 0 aromatic carbocycles. The highest BCUT2D eigenvalue weighted by molar-refractivity contribution is 5.67. The third kappa shape index (κ3) is 5.21. The third-order valence-electron chi connectivity index (χ3n) is 4.34. The number of aromatic nitrogens is 3. The summed E-state index contributed by atoms with van der Waals surface area (Å²) in [6.07, 6.45) is 4.69. The lowest BCUT2D eigenvalue weighted by Gasteiger charge is -2.31. The molecule has 10 heteroatoms. The molecule has 0 atom stereocenters. The second-order valence-corrected chi connectivity index (χ2v) is 6.85. The molecular weight excluding hydrogens is 383 g/mol. The minimum Gasteiger partial charge on any atom is -0.474 e. The summed E-state index contributed by atoms with van der Waals surface area (Å²) < 4.78 is 29.5. The van der Waals surface area contributed by atoms with Crippen molar-refractivity contribution < 1.29 is 28.5 Å². The van der Waals surface area contributed by atoms with Crippen LogP contribution >= 0.6 is 0 Å². The summed E-state index contributed by atoms with van der Waals surface area (Å²) in [5, 5.41) is 0. The molecule has 1 saturated heterocycles. The number of nitrogens with zero attached hydrogens (tertiary/aromatic N) is 4. The quantitative estimate of drug-likeness (QED) is 0.718. The predicted molar refractivity (Wildman–Crippen MR) is 99.7 cm³/mol. The Morgan fingerprint density at radius 2 is 1.93 bits per heavy atom. The molecule has 0 bridgehead atoms. The van der Waals surface area contributed by atoms with Gasteiger partial charge in [0.1, 0.15) is 12.4 Å². The van der Waals surface area contributed by atoms with Gasteiger partial charge in [-0.3, -0.25) is 9.93 Å². The highest BCUT2D eigenvalue weighted by atomic mass is 19.3. The summed E-state index contributed by atoms with van der Waals surface area (Å²) in [5.41, 5.74) is 0.566. The van der Waals surface area contributed by atoms with Crippen molar-refractivity contribution in [3.05, 3.63) is 30.4 Å². The van der Waals surface area contributed by atoms with Gasteiger partial charge in [0.15, 0.2) is 5.75 Å². The number of halogens is 1. The fourth-order valence-electron chi connectivity index (χ4n) is 2.84. The van der Waals surface area contributed by atoms with E-state index in [2.05, 4.69) is 19.9 Å². The van der Waals surface area contributed by atoms with E-state index in [-0.39, 0.29) is 35.7 Å². The molecular formula is C19H23FN4O5. The average molecular weight is 406 g/mol. The van der Waals surface area contributed by atoms with E-state index in [9.17, 15) is 9.32 Å². The molecule has 0 radical (unpaired) electrons. The number of rotatable bonds is 6. The maximum absolute atomic E-state index is 12.6. The molecule has 1 amide bonds. The summed E-state index contributed by atoms with van der Waals surface area (Å²) in [6, 6.07) is 1.46. The van der Waals surface area contributed by atoms with Crippen LogP contribution in [0.1, 0.15) is 32.3 Å². The molecule has 29 heavy (non-hydrogen) atoms. The van der Waals surface area contributed by atoms with Crippen molar-refractivity contribution in [1.29, 1.82) is 0 Å². The topological polar surface area (TPSA) is 95.9 Å². The van der Waals surface area contributed by atoms with Gasteiger partial charge in [0.05, 0.1) is 17.9 Å². The van der Waals surface area contributed by atoms with Crippen molar-refractivity contribution in [2.45, 2.75) is 45.8 Å². The highest BCUT2D eigenvalue weighted by Crippen LogP contribution is 2.33. The molecule has 0 aliphatic carbocycles. The number of ether oxygens (including phenoxy) is 3. The number of likely N-dealkylation sites (tertiary alicyclic amines) is 1. The van der Waals surface area contributed by atoms with Gasteiger partial charge in [-0.2, -0.15) is 0 Å². The fourth-order valence-corrected chi connectivity index (χ4v) is 2.84. The number of carbonyl (C=O) groups excluding carboxylic acids is 1. The van der Waals surface area contributed by atoms with Gasteiger partial charge in [-0.1, -0.05) is 0 Å². The first-order valence-electron chi connectivity index (χ1n) is 9.32. The Kier molecular flexibility index (Phi) is 6.63. The monoisotopic (exact) mass is 406 g/mol. The van der Waals surface area contributed by atoms with Crippen molar-refractivity contribution in [1.82, 2.24) is 19.9 Å². The standard InChI is InChI=1S/C19H23FN4O5/c1-12(2)26-19(25)24-8-5-14(6-9-24)27-17-13(3)18(23-11-22-17)28-15-4-7-21-10-16(15)29-20/h4,7,10-12,14H,5-6,8-9H2,1-3H3. The second kappa shape index (κ2) is 9.35. The number of hydrogen-bond acceptors (Lipinski definition) is 8. The molecule has 0 saturated carbocycles. The van der Waals surface area contributed by atoms with Crippen LogP contribution in [0.25, 0.3) is 0 Å². The summed E-state index contributed by atoms with van der Waals surface area (Å²) in [7, 11) is 0. The lowest BCUT2D eigenvalue weighted by Crippen LogP contribution is -2.42. The second-order valence-electron chi connectivity index (χ2n) is 6.85. The van der Waals surface area contributed by atoms with Gasteiger partial charge in [0, 0.05) is 42.7 Å². The van der Waals surface area contributed by atoms with Crippen molar-refractivity contribution >= 4 is 6.09 Å². The first-order valence-corrected chi connectivity index (χ1v) is 9.32. The number of pyridine rings is 1. The summed E-state index contributed by atoms with van der Waals surface area (Å²) in [4.78, 5) is 29.4. The van der Waals surface area contributed by atoms with Gasteiger partial charge in [-0.05, 0) is 20.8 Å². The van der Waals surface area contributed by atoms with Crippen LogP contribution in [0, 0.1) is 6.92 Å². The third-order valence-corrected chi connectivity index (χ3v) is 4.34. The summed E-state index contributed by atoms with van der Waals surface area (Å²) >= 11 is 0. The number of hydrogen-bond donors (Lipinski definition) is 0. The Hall–Kier alpha value is -3.17. The molecule has 3 heterocycles. The molecule has 9 nitrogen and oxygen atoms in total. The van der Waals surface area contributed by atoms with Crippen LogP contribution in [0.2, 0.25) is 0 Å². The molecule has 0 N–H and O–H groups in total. The van der Waals surface area contributed by atoms with Crippen molar-refractivity contribution in [3.63, 3.8) is 0 Å². The van der Waals surface area contributed by atoms with Gasteiger partial charge < -0.3 is 19.1 Å². The predicted octanol–water partition coefficient (Wildman–Crippen LogP) is 3.62.